The van der Waals surface area contributed by atoms with Crippen LogP contribution in [0.2, 0.25) is 0 Å². The minimum atomic E-state index is -2.35. The number of hydrogen-bond donors (Lipinski definition) is 1. The topological polar surface area (TPSA) is 103 Å². The fourth-order valence-corrected chi connectivity index (χ4v) is 3.23. The minimum absolute atomic E-state index is 0.164. The highest BCUT2D eigenvalue weighted by Gasteiger charge is 2.23. The van der Waals surface area contributed by atoms with Crippen LogP contribution in [0.15, 0.2) is 36.4 Å². The van der Waals surface area contributed by atoms with Crippen molar-refractivity contribution in [2.75, 3.05) is 0 Å². The molecule has 0 fully saturated rings. The van der Waals surface area contributed by atoms with Crippen molar-refractivity contribution in [1.82, 2.24) is 9.62 Å². The number of nitrogens with zero attached hydrogens (tertiary/aromatic N) is 3. The van der Waals surface area contributed by atoms with Gasteiger partial charge in [-0.3, -0.25) is 4.21 Å². The summed E-state index contributed by atoms with van der Waals surface area (Å²) in [4.78, 5) is 1.63. The number of rotatable bonds is 4. The zero-order valence-corrected chi connectivity index (χ0v) is 13.5. The highest BCUT2D eigenvalue weighted by molar-refractivity contribution is 7.77. The molecule has 1 unspecified atom stereocenters. The van der Waals surface area contributed by atoms with Crippen LogP contribution in [0, 0.1) is 22.8 Å². The van der Waals surface area contributed by atoms with Crippen molar-refractivity contribution in [3.05, 3.63) is 58.7 Å². The van der Waals surface area contributed by atoms with Crippen molar-refractivity contribution in [2.24, 2.45) is 0 Å². The molecule has 0 spiro atoms. The van der Waals surface area contributed by atoms with E-state index in [1.54, 1.807) is 17.0 Å². The monoisotopic (exact) mass is 337 g/mol. The fraction of sp³-hybridized carbons (Fsp3) is 0.176. The van der Waals surface area contributed by atoms with Crippen LogP contribution in [0.1, 0.15) is 22.3 Å². The molecule has 2 aromatic rings. The van der Waals surface area contributed by atoms with Gasteiger partial charge in [0, 0.05) is 17.8 Å². The smallest absolute Gasteiger partial charge is 0.179 e. The van der Waals surface area contributed by atoms with Crippen LogP contribution in [0.25, 0.3) is 11.1 Å². The van der Waals surface area contributed by atoms with Crippen LogP contribution in [0.5, 0.6) is 0 Å². The summed E-state index contributed by atoms with van der Waals surface area (Å²) in [6.45, 7) is 1.14. The van der Waals surface area contributed by atoms with Crippen LogP contribution >= 0.6 is 0 Å². The lowest BCUT2D eigenvalue weighted by atomic mass is 9.92. The largest absolute Gasteiger partial charge is 0.760 e. The van der Waals surface area contributed by atoms with E-state index in [0.717, 1.165) is 27.8 Å². The average molecular weight is 337 g/mol. The van der Waals surface area contributed by atoms with Gasteiger partial charge in [0.15, 0.2) is 6.19 Å². The lowest BCUT2D eigenvalue weighted by Gasteiger charge is -2.14. The maximum Gasteiger partial charge on any atom is 0.179 e. The number of benzene rings is 2. The first kappa shape index (κ1) is 16.2. The van der Waals surface area contributed by atoms with E-state index >= 15 is 0 Å². The van der Waals surface area contributed by atoms with Crippen molar-refractivity contribution in [1.29, 1.82) is 10.5 Å². The molecule has 0 saturated heterocycles. The molecule has 120 valence electrons. The number of hydrogen-bond acceptors (Lipinski definition) is 5. The predicted octanol–water partition coefficient (Wildman–Crippen LogP) is 1.91. The third-order valence-corrected chi connectivity index (χ3v) is 4.37. The van der Waals surface area contributed by atoms with Gasteiger partial charge in [-0.1, -0.05) is 24.3 Å². The summed E-state index contributed by atoms with van der Waals surface area (Å²) < 4.78 is 23.9. The second-order valence-corrected chi connectivity index (χ2v) is 6.21. The van der Waals surface area contributed by atoms with Gasteiger partial charge >= 0.3 is 0 Å². The molecule has 0 amide bonds. The molecule has 0 radical (unpaired) electrons. The molecule has 1 atom stereocenters. The summed E-state index contributed by atoms with van der Waals surface area (Å²) in [6.07, 6.45) is 2.14. The first-order valence-corrected chi connectivity index (χ1v) is 8.31. The molecule has 0 aliphatic carbocycles. The summed E-state index contributed by atoms with van der Waals surface area (Å²) in [5.74, 6) is 0. The van der Waals surface area contributed by atoms with Crippen LogP contribution in [-0.4, -0.2) is 13.7 Å². The number of nitrogens with one attached hydrogen (secondary N) is 1. The van der Waals surface area contributed by atoms with Crippen LogP contribution in [0.4, 0.5) is 0 Å². The minimum Gasteiger partial charge on any atom is -0.760 e. The first-order valence-electron chi connectivity index (χ1n) is 7.24. The van der Waals surface area contributed by atoms with Crippen LogP contribution < -0.4 is 4.72 Å². The highest BCUT2D eigenvalue weighted by Crippen LogP contribution is 2.35. The second kappa shape index (κ2) is 6.81. The zero-order chi connectivity index (χ0) is 17.1. The molecule has 6 nitrogen and oxygen atoms in total. The van der Waals surface area contributed by atoms with E-state index in [0.29, 0.717) is 18.7 Å². The third kappa shape index (κ3) is 3.15. The van der Waals surface area contributed by atoms with Gasteiger partial charge in [-0.25, -0.2) is 4.72 Å². The average Bonchev–Trinajstić information content (AvgIpc) is 3.02. The van der Waals surface area contributed by atoms with E-state index < -0.39 is 11.3 Å². The van der Waals surface area contributed by atoms with Gasteiger partial charge in [0.1, 0.15) is 0 Å². The molecule has 2 aromatic carbocycles. The molecule has 7 heteroatoms. The SMILES string of the molecule is N#Cc1ccccc1-c1cc(CNS(=O)[O-])cc2c1CN(C#N)C2. The maximum atomic E-state index is 10.8. The Hall–Kier alpha value is -2.71. The first-order chi connectivity index (χ1) is 11.6. The van der Waals surface area contributed by atoms with Crippen molar-refractivity contribution < 1.29 is 8.76 Å². The van der Waals surface area contributed by atoms with Crippen molar-refractivity contribution in [2.45, 2.75) is 19.6 Å². The Morgan fingerprint density at radius 2 is 2.00 bits per heavy atom. The van der Waals surface area contributed by atoms with E-state index in [1.807, 2.05) is 24.3 Å². The molecule has 0 aromatic heterocycles. The van der Waals surface area contributed by atoms with Gasteiger partial charge in [-0.2, -0.15) is 10.5 Å². The Bertz CT molecular complexity index is 898. The summed E-state index contributed by atoms with van der Waals surface area (Å²) in [6, 6.07) is 13.3. The van der Waals surface area contributed by atoms with E-state index in [4.69, 9.17) is 0 Å². The molecule has 24 heavy (non-hydrogen) atoms. The highest BCUT2D eigenvalue weighted by atomic mass is 32.2. The van der Waals surface area contributed by atoms with Gasteiger partial charge in [0.25, 0.3) is 0 Å². The molecule has 1 aliphatic rings. The van der Waals surface area contributed by atoms with Crippen molar-refractivity contribution in [3.63, 3.8) is 0 Å². The summed E-state index contributed by atoms with van der Waals surface area (Å²) in [7, 11) is 0. The summed E-state index contributed by atoms with van der Waals surface area (Å²) >= 11 is -2.35. The fourth-order valence-electron chi connectivity index (χ4n) is 2.95. The van der Waals surface area contributed by atoms with E-state index in [2.05, 4.69) is 17.0 Å². The normalized spacial score (nSPS) is 13.9. The van der Waals surface area contributed by atoms with E-state index in [9.17, 15) is 19.3 Å². The lowest BCUT2D eigenvalue weighted by molar-refractivity contribution is 0.417. The zero-order valence-electron chi connectivity index (χ0n) is 12.7. The Morgan fingerprint density at radius 1 is 1.21 bits per heavy atom. The Kier molecular flexibility index (Phi) is 4.59. The van der Waals surface area contributed by atoms with Gasteiger partial charge in [0.2, 0.25) is 0 Å². The number of nitriles is 2. The van der Waals surface area contributed by atoms with Crippen molar-refractivity contribution in [3.8, 4) is 23.4 Å². The summed E-state index contributed by atoms with van der Waals surface area (Å²) in [5, 5.41) is 18.5. The molecule has 3 rings (SSSR count). The molecule has 1 N–H and O–H groups in total. The van der Waals surface area contributed by atoms with E-state index in [-0.39, 0.29) is 6.54 Å². The molecule has 1 aliphatic heterocycles. The van der Waals surface area contributed by atoms with E-state index in [1.165, 1.54) is 0 Å². The van der Waals surface area contributed by atoms with Gasteiger partial charge < -0.3 is 9.45 Å². The third-order valence-electron chi connectivity index (χ3n) is 3.99. The molecule has 1 heterocycles. The lowest BCUT2D eigenvalue weighted by Crippen LogP contribution is -2.15. The van der Waals surface area contributed by atoms with Gasteiger partial charge in [-0.05, 0) is 39.9 Å². The van der Waals surface area contributed by atoms with Gasteiger partial charge in [-0.15, -0.1) is 0 Å². The standard InChI is InChI=1S/C17H14N4O2S/c18-7-13-3-1-2-4-15(13)16-6-12(8-20-24(22)23)5-14-9-21(11-19)10-17(14)16/h1-6,20H,8-10H2,(H,22,23)/p-1. The quantitative estimate of drug-likeness (QED) is 0.678. The number of fused-ring (bicyclic) bond motifs is 1. The van der Waals surface area contributed by atoms with Crippen LogP contribution in [0.3, 0.4) is 0 Å². The Balaban J connectivity index is 2.12. The Labute approximate surface area is 142 Å². The maximum absolute atomic E-state index is 10.8. The van der Waals surface area contributed by atoms with Gasteiger partial charge in [0.05, 0.1) is 24.7 Å². The molecular weight excluding hydrogens is 324 g/mol. The molecule has 0 bridgehead atoms. The molecular formula is C17H13N4O2S-. The second-order valence-electron chi connectivity index (χ2n) is 5.45. The Morgan fingerprint density at radius 3 is 2.71 bits per heavy atom. The van der Waals surface area contributed by atoms with Crippen molar-refractivity contribution >= 4 is 11.3 Å². The van der Waals surface area contributed by atoms with Crippen LogP contribution in [-0.2, 0) is 30.9 Å². The molecule has 0 saturated carbocycles. The predicted molar refractivity (Wildman–Crippen MR) is 87.2 cm³/mol. The summed E-state index contributed by atoms with van der Waals surface area (Å²) in [5.41, 5.74) is 4.99.